The van der Waals surface area contributed by atoms with Gasteiger partial charge in [-0.05, 0) is 6.92 Å². The van der Waals surface area contributed by atoms with Gasteiger partial charge in [0.15, 0.2) is 0 Å². The summed E-state index contributed by atoms with van der Waals surface area (Å²) in [5.41, 5.74) is 0. The summed E-state index contributed by atoms with van der Waals surface area (Å²) in [5.74, 6) is -2.75. The largest absolute Gasteiger partial charge is 1.00 e. The molecule has 0 aliphatic carbocycles. The molecule has 0 spiro atoms. The van der Waals surface area contributed by atoms with E-state index in [2.05, 4.69) is 0 Å². The molecule has 0 fully saturated rings. The zero-order valence-electron chi connectivity index (χ0n) is 10.2. The van der Waals surface area contributed by atoms with Crippen molar-refractivity contribution in [2.75, 3.05) is 0 Å². The van der Waals surface area contributed by atoms with Gasteiger partial charge in [-0.3, -0.25) is 9.59 Å². The molecule has 0 aromatic carbocycles. The molecule has 0 aromatic heterocycles. The van der Waals surface area contributed by atoms with Gasteiger partial charge in [-0.2, -0.15) is 0 Å². The number of carbonyl (C=O) groups is 3. The Balaban J connectivity index is -0.0000000412. The maximum absolute atomic E-state index is 9.00. The van der Waals surface area contributed by atoms with Crippen LogP contribution in [0.1, 0.15) is 20.8 Å². The molecule has 0 aromatic rings. The first-order chi connectivity index (χ1) is 7.20. The molecule has 0 amide bonds. The Kier molecular flexibility index (Phi) is 33.4. The summed E-state index contributed by atoms with van der Waals surface area (Å²) in [5, 5.41) is 23.7. The van der Waals surface area contributed by atoms with Crippen molar-refractivity contribution in [1.82, 2.24) is 0 Å². The predicted octanol–water partition coefficient (Wildman–Crippen LogP) is -4.99. The summed E-state index contributed by atoms with van der Waals surface area (Å²) in [6, 6.07) is 0. The number of carboxylic acid groups (broad SMARTS) is 3. The van der Waals surface area contributed by atoms with E-state index in [1.165, 1.54) is 0 Å². The summed E-state index contributed by atoms with van der Waals surface area (Å²) < 4.78 is 8.88. The second kappa shape index (κ2) is 19.5. The van der Waals surface area contributed by atoms with Crippen molar-refractivity contribution in [3.63, 3.8) is 0 Å². The second-order valence-electron chi connectivity index (χ2n) is 2.04. The minimum atomic E-state index is -4.64. The average Bonchev–Trinajstić information content (AvgIpc) is 1.73. The third-order valence-corrected chi connectivity index (χ3v) is 0. The number of aliphatic carboxylic acids is 3. The Morgan fingerprint density at radius 1 is 0.889 bits per heavy atom. The molecule has 0 aliphatic rings. The van der Waals surface area contributed by atoms with E-state index in [-0.39, 0.29) is 51.4 Å². The number of phosphoric acid groups is 1. The number of carboxylic acids is 3. The van der Waals surface area contributed by atoms with Gasteiger partial charge in [0.05, 0.1) is 0 Å². The average molecular weight is 316 g/mol. The predicted molar refractivity (Wildman–Crippen MR) is 51.6 cm³/mol. The van der Waals surface area contributed by atoms with Gasteiger partial charge in [0.1, 0.15) is 0 Å². The zero-order chi connectivity index (χ0) is 15.2. The number of rotatable bonds is 0. The van der Waals surface area contributed by atoms with Gasteiger partial charge in [0.25, 0.3) is 11.9 Å². The Morgan fingerprint density at radius 3 is 0.889 bits per heavy atom. The third kappa shape index (κ3) is 152000. The molecule has 0 atom stereocenters. The fourth-order valence-corrected chi connectivity index (χ4v) is 0. The van der Waals surface area contributed by atoms with E-state index in [4.69, 9.17) is 48.9 Å². The molecular formula is C6H14KO10P. The van der Waals surface area contributed by atoms with Gasteiger partial charge < -0.3 is 34.8 Å². The molecule has 0 heterocycles. The maximum atomic E-state index is 9.00. The van der Waals surface area contributed by atoms with Gasteiger partial charge in [-0.15, -0.1) is 0 Å². The third-order valence-electron chi connectivity index (χ3n) is 0. The fraction of sp³-hybridized carbons (Fsp3) is 0.500. The van der Waals surface area contributed by atoms with E-state index < -0.39 is 25.7 Å². The maximum Gasteiger partial charge on any atom is 1.00 e. The van der Waals surface area contributed by atoms with E-state index in [0.29, 0.717) is 0 Å². The molecule has 0 unspecified atom stereocenters. The van der Waals surface area contributed by atoms with E-state index in [0.717, 1.165) is 20.8 Å². The molecule has 18 heavy (non-hydrogen) atoms. The molecule has 0 rings (SSSR count). The zero-order valence-corrected chi connectivity index (χ0v) is 14.2. The van der Waals surface area contributed by atoms with Crippen molar-refractivity contribution in [2.24, 2.45) is 0 Å². The van der Waals surface area contributed by atoms with E-state index in [1.807, 2.05) is 0 Å². The van der Waals surface area contributed by atoms with Gasteiger partial charge in [0.2, 0.25) is 0 Å². The van der Waals surface area contributed by atoms with Crippen molar-refractivity contribution in [3.8, 4) is 0 Å². The smallest absolute Gasteiger partial charge is 0.550 e. The molecule has 12 heteroatoms. The van der Waals surface area contributed by atoms with Crippen LogP contribution < -0.4 is 56.5 Å². The van der Waals surface area contributed by atoms with Crippen LogP contribution in [0.3, 0.4) is 0 Å². The second-order valence-corrected chi connectivity index (χ2v) is 3.07. The molecule has 0 aliphatic heterocycles. The van der Waals surface area contributed by atoms with Crippen LogP contribution in [0.2, 0.25) is 0 Å². The van der Waals surface area contributed by atoms with Crippen LogP contribution in [-0.4, -0.2) is 42.8 Å². The van der Waals surface area contributed by atoms with Crippen molar-refractivity contribution in [2.45, 2.75) is 20.8 Å². The molecule has 0 bridgehead atoms. The van der Waals surface area contributed by atoms with Crippen molar-refractivity contribution in [3.05, 3.63) is 0 Å². The van der Waals surface area contributed by atoms with E-state index in [9.17, 15) is 0 Å². The monoisotopic (exact) mass is 316 g/mol. The fourth-order valence-electron chi connectivity index (χ4n) is 0. The first kappa shape index (κ1) is 30.9. The minimum Gasteiger partial charge on any atom is -0.550 e. The van der Waals surface area contributed by atoms with Crippen LogP contribution in [0.15, 0.2) is 0 Å². The standard InChI is InChI=1S/3C2H4O2.K.H3O4P/c3*1-2(3)4;;1-5(2,3)4/h3*1H3,(H,3,4);;(H3,1,2,3,4)/q;;;+1;/p-1. The van der Waals surface area contributed by atoms with E-state index >= 15 is 0 Å². The van der Waals surface area contributed by atoms with Gasteiger partial charge in [0, 0.05) is 19.8 Å². The van der Waals surface area contributed by atoms with Gasteiger partial charge in [-0.25, -0.2) is 4.57 Å². The first-order valence-electron chi connectivity index (χ1n) is 3.55. The van der Waals surface area contributed by atoms with Crippen LogP contribution in [0, 0.1) is 0 Å². The topological polar surface area (TPSA) is 192 Å². The summed E-state index contributed by atoms with van der Waals surface area (Å²) in [4.78, 5) is 48.5. The Bertz CT molecular complexity index is 223. The molecule has 0 saturated heterocycles. The molecular weight excluding hydrogens is 302 g/mol. The summed E-state index contributed by atoms with van der Waals surface area (Å²) in [7, 11) is -4.64. The minimum absolute atomic E-state index is 0. The van der Waals surface area contributed by atoms with Crippen molar-refractivity contribution >= 4 is 25.7 Å². The summed E-state index contributed by atoms with van der Waals surface area (Å²) in [6.45, 7) is 3.14. The number of hydrogen-bond donors (Lipinski definition) is 5. The summed E-state index contributed by atoms with van der Waals surface area (Å²) in [6.07, 6.45) is 0. The van der Waals surface area contributed by atoms with Crippen molar-refractivity contribution < 1.29 is 100 Å². The van der Waals surface area contributed by atoms with Gasteiger partial charge >= 0.3 is 59.2 Å². The normalized spacial score (nSPS) is 7.44. The molecule has 0 saturated carbocycles. The Hall–Kier alpha value is 0.156. The van der Waals surface area contributed by atoms with Crippen LogP contribution in [-0.2, 0) is 18.9 Å². The quantitative estimate of drug-likeness (QED) is 0.213. The first-order valence-corrected chi connectivity index (χ1v) is 5.11. The molecule has 104 valence electrons. The number of carbonyl (C=O) groups excluding carboxylic acids is 1. The van der Waals surface area contributed by atoms with E-state index in [1.54, 1.807) is 0 Å². The Morgan fingerprint density at radius 2 is 0.889 bits per heavy atom. The van der Waals surface area contributed by atoms with Crippen LogP contribution in [0.25, 0.3) is 0 Å². The molecule has 0 radical (unpaired) electrons. The SMILES string of the molecule is CC(=O)O.CC(=O)O.CC(=O)[O-].O=P(O)(O)O.[K+]. The van der Waals surface area contributed by atoms with Crippen LogP contribution in [0.4, 0.5) is 0 Å². The molecule has 5 N–H and O–H groups in total. The Labute approximate surface area is 145 Å². The number of hydrogen-bond acceptors (Lipinski definition) is 5. The van der Waals surface area contributed by atoms with Crippen molar-refractivity contribution in [1.29, 1.82) is 0 Å². The van der Waals surface area contributed by atoms with Gasteiger partial charge in [-0.1, -0.05) is 0 Å². The van der Waals surface area contributed by atoms with Crippen LogP contribution >= 0.6 is 7.82 Å². The molecule has 10 nitrogen and oxygen atoms in total. The van der Waals surface area contributed by atoms with Crippen LogP contribution in [0.5, 0.6) is 0 Å². The summed E-state index contributed by atoms with van der Waals surface area (Å²) >= 11 is 0.